The number of para-hydroxylation sites is 6. The van der Waals surface area contributed by atoms with E-state index in [1.807, 2.05) is 121 Å². The standard InChI is InChI=1S/C57H37N5.C51H33N5/c1-5-18-38(19-6-1)49-37-54-50(36-48(49)41-32-33-47-45-28-13-15-30-51(45)61(53(47)35-41)43-25-11-4-12-26-43)46-29-14-16-31-52(46)62(54)44-27-17-24-42(34-44)57-59-55(39-20-7-2-8-21-39)58-56(60-57)40-22-9-3-10-23-40;1-4-16-34(17-5-1)49-52-50(35-18-6-2-7-19-35)54-51(53-49)37-20-14-23-39(32-37)56-45-28-13-11-25-42(45)48-40(26-15-29-47(48)56)36-30-31-46-43(33-36)41-24-10-12-27-44(41)55(46)38-21-8-3-9-22-38/h1-37H;1-33H. The Morgan fingerprint density at radius 2 is 0.424 bits per heavy atom. The van der Waals surface area contributed by atoms with Crippen LogP contribution in [-0.4, -0.2) is 48.2 Å². The molecule has 0 atom stereocenters. The van der Waals surface area contributed by atoms with Crippen LogP contribution in [0.4, 0.5) is 0 Å². The average Bonchev–Trinajstić information content (AvgIpc) is 1.58. The molecule has 0 fully saturated rings. The normalized spacial score (nSPS) is 11.6. The molecule has 6 heterocycles. The first-order chi connectivity index (χ1) is 58.5. The lowest BCUT2D eigenvalue weighted by Gasteiger charge is -2.15. The molecule has 0 aliphatic rings. The highest BCUT2D eigenvalue weighted by molar-refractivity contribution is 6.18. The molecule has 0 saturated carbocycles. The average molecular weight is 1510 g/mol. The third-order valence-corrected chi connectivity index (χ3v) is 22.7. The van der Waals surface area contributed by atoms with E-state index in [0.717, 1.165) is 94.9 Å². The third kappa shape index (κ3) is 12.1. The quantitative estimate of drug-likeness (QED) is 0.114. The predicted octanol–water partition coefficient (Wildman–Crippen LogP) is 27.1. The van der Waals surface area contributed by atoms with Gasteiger partial charge >= 0.3 is 0 Å². The molecular formula is C108H70N10. The van der Waals surface area contributed by atoms with Gasteiger partial charge in [0.25, 0.3) is 0 Å². The molecule has 0 N–H and O–H groups in total. The van der Waals surface area contributed by atoms with Crippen molar-refractivity contribution in [2.24, 2.45) is 0 Å². The SMILES string of the molecule is c1ccc(-c2nc(-c3ccccc3)nc(-c3cccc(-n4c5ccccc5c5c(-c6ccc7c(c6)c6ccccc6n7-c6ccccc6)cccc54)c3)n2)cc1.c1ccc(-c2nc(-c3ccccc3)nc(-c3cccc(-n4c5ccccc5c5cc(-c6ccc7c8ccccc8n(-c8ccccc8)c7c6)c(-c6ccccc6)cc54)c3)n2)cc1. The molecule has 0 aliphatic heterocycles. The van der Waals surface area contributed by atoms with Gasteiger partial charge in [-0.2, -0.15) is 0 Å². The summed E-state index contributed by atoms with van der Waals surface area (Å²) in [7, 11) is 0. The number of rotatable bonds is 13. The van der Waals surface area contributed by atoms with Gasteiger partial charge in [-0.15, -0.1) is 0 Å². The Balaban J connectivity index is 0.000000143. The summed E-state index contributed by atoms with van der Waals surface area (Å²) in [5.74, 6) is 3.81. The number of hydrogen-bond donors (Lipinski definition) is 0. The topological polar surface area (TPSA) is 97.1 Å². The minimum absolute atomic E-state index is 0.621. The predicted molar refractivity (Wildman–Crippen MR) is 486 cm³/mol. The Morgan fingerprint density at radius 3 is 0.898 bits per heavy atom. The minimum atomic E-state index is 0.621. The van der Waals surface area contributed by atoms with Gasteiger partial charge in [0.1, 0.15) is 0 Å². The first-order valence-electron chi connectivity index (χ1n) is 39.8. The van der Waals surface area contributed by atoms with Crippen molar-refractivity contribution in [3.63, 3.8) is 0 Å². The molecule has 552 valence electrons. The van der Waals surface area contributed by atoms with Crippen LogP contribution >= 0.6 is 0 Å². The van der Waals surface area contributed by atoms with Gasteiger partial charge < -0.3 is 18.3 Å². The monoisotopic (exact) mass is 1510 g/mol. The molecule has 23 aromatic rings. The first-order valence-corrected chi connectivity index (χ1v) is 39.8. The van der Waals surface area contributed by atoms with E-state index in [2.05, 4.69) is 322 Å². The van der Waals surface area contributed by atoms with E-state index in [9.17, 15) is 0 Å². The fourth-order valence-corrected chi connectivity index (χ4v) is 17.4. The number of hydrogen-bond acceptors (Lipinski definition) is 6. The Bertz CT molecular complexity index is 7650. The largest absolute Gasteiger partial charge is 0.309 e. The highest BCUT2D eigenvalue weighted by Gasteiger charge is 2.24. The summed E-state index contributed by atoms with van der Waals surface area (Å²) < 4.78 is 9.52. The lowest BCUT2D eigenvalue weighted by molar-refractivity contribution is 1.07. The number of nitrogens with zero attached hydrogens (tertiary/aromatic N) is 10. The van der Waals surface area contributed by atoms with Crippen molar-refractivity contribution in [2.75, 3.05) is 0 Å². The van der Waals surface area contributed by atoms with E-state index < -0.39 is 0 Å². The van der Waals surface area contributed by atoms with Crippen LogP contribution in [0.15, 0.2) is 425 Å². The summed E-state index contributed by atoms with van der Waals surface area (Å²) in [4.78, 5) is 30.1. The summed E-state index contributed by atoms with van der Waals surface area (Å²) in [6, 6.07) is 150. The van der Waals surface area contributed by atoms with Gasteiger partial charge in [0.05, 0.1) is 44.1 Å². The number of aromatic nitrogens is 10. The zero-order valence-electron chi connectivity index (χ0n) is 63.9. The zero-order valence-corrected chi connectivity index (χ0v) is 63.9. The van der Waals surface area contributed by atoms with Crippen LogP contribution in [0.3, 0.4) is 0 Å². The van der Waals surface area contributed by atoms with Gasteiger partial charge in [0.2, 0.25) is 0 Å². The van der Waals surface area contributed by atoms with Crippen LogP contribution in [0, 0.1) is 0 Å². The summed E-state index contributed by atoms with van der Waals surface area (Å²) in [6.07, 6.45) is 0. The Labute approximate surface area is 680 Å². The molecule has 0 saturated heterocycles. The maximum atomic E-state index is 5.07. The second kappa shape index (κ2) is 29.2. The smallest absolute Gasteiger partial charge is 0.164 e. The van der Waals surface area contributed by atoms with Crippen molar-refractivity contribution in [1.82, 2.24) is 48.2 Å². The van der Waals surface area contributed by atoms with Crippen molar-refractivity contribution in [3.05, 3.63) is 425 Å². The van der Waals surface area contributed by atoms with E-state index >= 15 is 0 Å². The van der Waals surface area contributed by atoms with Crippen LogP contribution in [-0.2, 0) is 0 Å². The van der Waals surface area contributed by atoms with Crippen molar-refractivity contribution in [1.29, 1.82) is 0 Å². The molecule has 23 rings (SSSR count). The molecule has 0 bridgehead atoms. The molecule has 0 aliphatic carbocycles. The molecule has 0 radical (unpaired) electrons. The van der Waals surface area contributed by atoms with Gasteiger partial charge in [-0.3, -0.25) is 0 Å². The summed E-state index contributed by atoms with van der Waals surface area (Å²) in [6.45, 7) is 0. The van der Waals surface area contributed by atoms with Crippen LogP contribution in [0.5, 0.6) is 0 Å². The van der Waals surface area contributed by atoms with E-state index in [1.54, 1.807) is 0 Å². The van der Waals surface area contributed by atoms with Crippen molar-refractivity contribution in [2.45, 2.75) is 0 Å². The minimum Gasteiger partial charge on any atom is -0.309 e. The van der Waals surface area contributed by atoms with Crippen molar-refractivity contribution >= 4 is 87.2 Å². The van der Waals surface area contributed by atoms with E-state index in [-0.39, 0.29) is 0 Å². The Morgan fingerprint density at radius 1 is 0.136 bits per heavy atom. The summed E-state index contributed by atoms with van der Waals surface area (Å²) in [5.41, 5.74) is 26.3. The van der Waals surface area contributed by atoms with E-state index in [0.29, 0.717) is 34.9 Å². The first kappa shape index (κ1) is 68.7. The molecule has 10 nitrogen and oxygen atoms in total. The number of fused-ring (bicyclic) bond motifs is 12. The molecular weight excluding hydrogens is 1440 g/mol. The Kier molecular flexibility index (Phi) is 17.0. The molecule has 17 aromatic carbocycles. The van der Waals surface area contributed by atoms with Crippen LogP contribution in [0.25, 0.3) is 212 Å². The molecule has 6 aromatic heterocycles. The van der Waals surface area contributed by atoms with Crippen LogP contribution in [0.1, 0.15) is 0 Å². The van der Waals surface area contributed by atoms with Crippen LogP contribution in [0.2, 0.25) is 0 Å². The maximum Gasteiger partial charge on any atom is 0.164 e. The second-order valence-corrected chi connectivity index (χ2v) is 29.7. The maximum absolute atomic E-state index is 5.07. The summed E-state index contributed by atoms with van der Waals surface area (Å²) >= 11 is 0. The molecule has 118 heavy (non-hydrogen) atoms. The van der Waals surface area contributed by atoms with E-state index in [1.165, 1.54) is 81.8 Å². The summed E-state index contributed by atoms with van der Waals surface area (Å²) in [5, 5.41) is 9.74. The van der Waals surface area contributed by atoms with Crippen molar-refractivity contribution in [3.8, 4) is 124 Å². The fourth-order valence-electron chi connectivity index (χ4n) is 17.4. The van der Waals surface area contributed by atoms with Gasteiger partial charge in [-0.1, -0.05) is 315 Å². The second-order valence-electron chi connectivity index (χ2n) is 29.7. The van der Waals surface area contributed by atoms with Crippen molar-refractivity contribution < 1.29 is 0 Å². The van der Waals surface area contributed by atoms with Crippen LogP contribution < -0.4 is 0 Å². The molecule has 10 heteroatoms. The lowest BCUT2D eigenvalue weighted by atomic mass is 9.92. The molecule has 0 amide bonds. The van der Waals surface area contributed by atoms with Gasteiger partial charge in [-0.05, 0) is 143 Å². The van der Waals surface area contributed by atoms with Gasteiger partial charge in [-0.25, -0.2) is 29.9 Å². The van der Waals surface area contributed by atoms with E-state index in [4.69, 9.17) is 29.9 Å². The fraction of sp³-hybridized carbons (Fsp3) is 0. The Hall–Kier alpha value is -16.0. The van der Waals surface area contributed by atoms with Gasteiger partial charge in [0, 0.05) is 99.2 Å². The zero-order chi connectivity index (χ0) is 78.0. The highest BCUT2D eigenvalue weighted by Crippen LogP contribution is 2.46. The van der Waals surface area contributed by atoms with Gasteiger partial charge in [0.15, 0.2) is 34.9 Å². The highest BCUT2D eigenvalue weighted by atomic mass is 15.1. The third-order valence-electron chi connectivity index (χ3n) is 22.7. The molecule has 0 unspecified atom stereocenters. The lowest BCUT2D eigenvalue weighted by Crippen LogP contribution is -2.01. The molecule has 0 spiro atoms. The number of benzene rings is 17.